The molecule has 2 aromatic rings. The number of hydrogen-bond donors (Lipinski definition) is 0. The van der Waals surface area contributed by atoms with Crippen molar-refractivity contribution in [3.63, 3.8) is 0 Å². The molecule has 0 aromatic carbocycles. The second kappa shape index (κ2) is 4.67. The van der Waals surface area contributed by atoms with E-state index < -0.39 is 0 Å². The molecule has 0 amide bonds. The molecular weight excluding hydrogens is 326 g/mol. The quantitative estimate of drug-likeness (QED) is 0.532. The number of aromatic nitrogens is 2. The van der Waals surface area contributed by atoms with E-state index >= 15 is 0 Å². The third-order valence-electron chi connectivity index (χ3n) is 2.06. The van der Waals surface area contributed by atoms with Crippen molar-refractivity contribution in [1.29, 1.82) is 0 Å². The Morgan fingerprint density at radius 2 is 2.33 bits per heavy atom. The van der Waals surface area contributed by atoms with Gasteiger partial charge in [-0.15, -0.1) is 0 Å². The number of ether oxygens (including phenoxy) is 1. The molecule has 0 fully saturated rings. The van der Waals surface area contributed by atoms with Crippen molar-refractivity contribution in [2.45, 2.75) is 6.61 Å². The fourth-order valence-corrected chi connectivity index (χ4v) is 2.74. The Labute approximate surface area is 104 Å². The van der Waals surface area contributed by atoms with Crippen LogP contribution in [0, 0.1) is 3.70 Å². The van der Waals surface area contributed by atoms with E-state index in [2.05, 4.69) is 9.91 Å². The van der Waals surface area contributed by atoms with Crippen LogP contribution in [-0.2, 0) is 11.3 Å². The summed E-state index contributed by atoms with van der Waals surface area (Å²) in [6, 6.07) is 1.91. The zero-order valence-electron chi connectivity index (χ0n) is 8.50. The van der Waals surface area contributed by atoms with Crippen molar-refractivity contribution < 1.29 is 25.9 Å². The van der Waals surface area contributed by atoms with Crippen molar-refractivity contribution in [3.05, 3.63) is 32.7 Å². The Morgan fingerprint density at radius 3 is 3.00 bits per heavy atom. The number of nitrogens with zero attached hydrogens (tertiary/aromatic N) is 2. The molecule has 0 atom stereocenters. The number of pyridine rings is 1. The van der Waals surface area contributed by atoms with Crippen LogP contribution < -0.4 is 21.2 Å². The van der Waals surface area contributed by atoms with Gasteiger partial charge in [0, 0.05) is 0 Å². The van der Waals surface area contributed by atoms with E-state index in [9.17, 15) is 0 Å². The summed E-state index contributed by atoms with van der Waals surface area (Å²) in [6.45, 7) is 0.544. The summed E-state index contributed by atoms with van der Waals surface area (Å²) in [5, 5.41) is 0.716. The number of methoxy groups -OCH3 is 1. The van der Waals surface area contributed by atoms with Crippen molar-refractivity contribution in [2.24, 2.45) is 0 Å². The molecule has 82 valence electrons. The van der Waals surface area contributed by atoms with Crippen LogP contribution in [-0.4, -0.2) is 21.4 Å². The van der Waals surface area contributed by atoms with Crippen molar-refractivity contribution in [3.8, 4) is 0 Å². The molecule has 0 N–H and O–H groups in total. The molecule has 15 heavy (non-hydrogen) atoms. The number of fused-ring (bicyclic) bond motifs is 1. The Morgan fingerprint density at radius 1 is 1.53 bits per heavy atom. The van der Waals surface area contributed by atoms with Gasteiger partial charge in [0.05, 0.1) is 0 Å². The van der Waals surface area contributed by atoms with E-state index in [1.807, 2.05) is 22.9 Å². The number of halogens is 2. The van der Waals surface area contributed by atoms with Gasteiger partial charge in [0.25, 0.3) is 0 Å². The van der Waals surface area contributed by atoms with Gasteiger partial charge < -0.3 is 0 Å². The SMILES string of the molecule is COCc1cc(Cl)cn2cc([I-]C)nc12. The maximum absolute atomic E-state index is 6.02. The molecule has 0 aliphatic carbocycles. The van der Waals surface area contributed by atoms with E-state index in [1.165, 1.54) is 3.70 Å². The molecule has 3 nitrogen and oxygen atoms in total. The molecule has 5 heteroatoms. The molecule has 0 unspecified atom stereocenters. The Balaban J connectivity index is 2.61. The zero-order valence-corrected chi connectivity index (χ0v) is 11.4. The number of imidazole rings is 1. The average molecular weight is 338 g/mol. The van der Waals surface area contributed by atoms with E-state index in [1.54, 1.807) is 7.11 Å². The van der Waals surface area contributed by atoms with Gasteiger partial charge in [-0.3, -0.25) is 0 Å². The van der Waals surface area contributed by atoms with Gasteiger partial charge in [-0.25, -0.2) is 0 Å². The van der Waals surface area contributed by atoms with Crippen LogP contribution in [0.3, 0.4) is 0 Å². The number of hydrogen-bond acceptors (Lipinski definition) is 2. The molecule has 0 aliphatic heterocycles. The zero-order chi connectivity index (χ0) is 10.8. The minimum atomic E-state index is 0.0129. The Kier molecular flexibility index (Phi) is 3.48. The number of alkyl halides is 1. The van der Waals surface area contributed by atoms with Crippen LogP contribution >= 0.6 is 11.6 Å². The molecule has 2 rings (SSSR count). The summed E-state index contributed by atoms with van der Waals surface area (Å²) in [7, 11) is 1.67. The van der Waals surface area contributed by atoms with Crippen LogP contribution in [0.2, 0.25) is 5.02 Å². The topological polar surface area (TPSA) is 26.5 Å². The van der Waals surface area contributed by atoms with E-state index in [0.717, 1.165) is 11.2 Å². The molecule has 0 saturated heterocycles. The number of rotatable bonds is 3. The monoisotopic (exact) mass is 337 g/mol. The molecule has 0 bridgehead atoms. The van der Waals surface area contributed by atoms with E-state index in [0.29, 0.717) is 11.6 Å². The van der Waals surface area contributed by atoms with Crippen LogP contribution in [0.5, 0.6) is 0 Å². The molecule has 2 heterocycles. The van der Waals surface area contributed by atoms with Gasteiger partial charge in [-0.1, -0.05) is 0 Å². The average Bonchev–Trinajstić information content (AvgIpc) is 2.61. The van der Waals surface area contributed by atoms with Crippen LogP contribution in [0.25, 0.3) is 5.65 Å². The van der Waals surface area contributed by atoms with Gasteiger partial charge in [-0.05, 0) is 0 Å². The summed E-state index contributed by atoms with van der Waals surface area (Å²) < 4.78 is 8.29. The minimum absolute atomic E-state index is 0.0129. The van der Waals surface area contributed by atoms with Crippen molar-refractivity contribution >= 4 is 17.2 Å². The predicted octanol–water partition coefficient (Wildman–Crippen LogP) is -0.978. The first kappa shape index (κ1) is 11.2. The van der Waals surface area contributed by atoms with Crippen LogP contribution in [0.4, 0.5) is 0 Å². The van der Waals surface area contributed by atoms with Gasteiger partial charge >= 0.3 is 104 Å². The summed E-state index contributed by atoms with van der Waals surface area (Å²) in [4.78, 5) is 6.76. The second-order valence-corrected chi connectivity index (χ2v) is 5.72. The van der Waals surface area contributed by atoms with Gasteiger partial charge in [0.1, 0.15) is 0 Å². The van der Waals surface area contributed by atoms with Crippen LogP contribution in [0.15, 0.2) is 18.5 Å². The normalized spacial score (nSPS) is 11.4. The Hall–Kier alpha value is -0.330. The molecule has 0 saturated carbocycles. The maximum atomic E-state index is 6.02. The summed E-state index contributed by atoms with van der Waals surface area (Å²) in [5.74, 6) is 0. The third kappa shape index (κ3) is 2.26. The second-order valence-electron chi connectivity index (χ2n) is 3.10. The fourth-order valence-electron chi connectivity index (χ4n) is 1.45. The van der Waals surface area contributed by atoms with Gasteiger partial charge in [0.2, 0.25) is 0 Å². The first-order valence-corrected chi connectivity index (χ1v) is 8.01. The first-order chi connectivity index (χ1) is 7.24. The molecular formula is C10H11ClIN2O-. The summed E-state index contributed by atoms with van der Waals surface area (Å²) in [6.07, 6.45) is 3.93. The van der Waals surface area contributed by atoms with Crippen LogP contribution in [0.1, 0.15) is 5.56 Å². The van der Waals surface area contributed by atoms with Crippen molar-refractivity contribution in [1.82, 2.24) is 9.38 Å². The summed E-state index contributed by atoms with van der Waals surface area (Å²) >= 11 is 6.03. The standard InChI is InChI=1S/C10H11ClIN2O/c1-12-9-5-14-4-8(11)3-7(6-15-2)10(14)13-9/h3-5H,6H2,1-2H3/q-1. The van der Waals surface area contributed by atoms with E-state index in [-0.39, 0.29) is 21.2 Å². The van der Waals surface area contributed by atoms with E-state index in [4.69, 9.17) is 16.3 Å². The summed E-state index contributed by atoms with van der Waals surface area (Å²) in [5.41, 5.74) is 1.99. The Bertz CT molecular complexity index is 483. The molecule has 0 spiro atoms. The first-order valence-electron chi connectivity index (χ1n) is 4.40. The van der Waals surface area contributed by atoms with Gasteiger partial charge in [-0.2, -0.15) is 0 Å². The molecule has 0 aliphatic rings. The van der Waals surface area contributed by atoms with Gasteiger partial charge in [0.15, 0.2) is 0 Å². The molecule has 2 aromatic heterocycles. The molecule has 0 radical (unpaired) electrons. The third-order valence-corrected chi connectivity index (χ3v) is 3.89. The predicted molar refractivity (Wildman–Crippen MR) is 55.5 cm³/mol. The fraction of sp³-hybridized carbons (Fsp3) is 0.300. The van der Waals surface area contributed by atoms with Crippen molar-refractivity contribution in [2.75, 3.05) is 12.0 Å².